The Morgan fingerprint density at radius 1 is 0.895 bits per heavy atom. The van der Waals surface area contributed by atoms with Crippen molar-refractivity contribution in [3.8, 4) is 5.75 Å². The summed E-state index contributed by atoms with van der Waals surface area (Å²) >= 11 is 0. The molecular formula is C30H27N3O5. The lowest BCUT2D eigenvalue weighted by Crippen LogP contribution is -2.43. The molecule has 0 aliphatic carbocycles. The minimum atomic E-state index is -0.545. The molecule has 192 valence electrons. The van der Waals surface area contributed by atoms with Gasteiger partial charge >= 0.3 is 12.1 Å². The number of amides is 1. The van der Waals surface area contributed by atoms with Gasteiger partial charge in [0.1, 0.15) is 11.6 Å². The van der Waals surface area contributed by atoms with E-state index in [1.54, 1.807) is 4.57 Å². The molecule has 2 heterocycles. The summed E-state index contributed by atoms with van der Waals surface area (Å²) in [5.74, 6) is 0.408. The molecule has 0 saturated heterocycles. The molecule has 0 bridgehead atoms. The van der Waals surface area contributed by atoms with Gasteiger partial charge in [0.2, 0.25) is 0 Å². The molecule has 5 rings (SSSR count). The standard InChI is InChI=1S/C30H27N3O5/c1-20-31-26-19-32(30(36)38-24-15-13-23(14-16-24)29(35)37-2)18-17-25(26)28(34)33(20)27(21-9-5-3-6-10-21)22-11-7-4-8-12-22/h3-16,27H,17-19H2,1-2H3. The number of esters is 1. The maximum atomic E-state index is 13.9. The van der Waals surface area contributed by atoms with Crippen molar-refractivity contribution in [1.29, 1.82) is 0 Å². The normalized spacial score (nSPS) is 12.7. The highest BCUT2D eigenvalue weighted by Gasteiger charge is 2.29. The second kappa shape index (κ2) is 10.7. The summed E-state index contributed by atoms with van der Waals surface area (Å²) in [6.07, 6.45) is -0.176. The molecule has 1 aliphatic rings. The quantitative estimate of drug-likeness (QED) is 0.367. The molecule has 38 heavy (non-hydrogen) atoms. The van der Waals surface area contributed by atoms with Gasteiger partial charge < -0.3 is 14.4 Å². The number of hydrogen-bond donors (Lipinski definition) is 0. The molecule has 0 atom stereocenters. The van der Waals surface area contributed by atoms with Gasteiger partial charge in [-0.25, -0.2) is 14.6 Å². The molecule has 1 amide bonds. The molecule has 0 spiro atoms. The number of fused-ring (bicyclic) bond motifs is 1. The molecular weight excluding hydrogens is 482 g/mol. The SMILES string of the molecule is COC(=O)c1ccc(OC(=O)N2CCc3c(nc(C)n(C(c4ccccc4)c4ccccc4)c3=O)C2)cc1. The smallest absolute Gasteiger partial charge is 0.415 e. The van der Waals surface area contributed by atoms with Gasteiger partial charge in [-0.3, -0.25) is 9.36 Å². The largest absolute Gasteiger partial charge is 0.465 e. The van der Waals surface area contributed by atoms with E-state index in [4.69, 9.17) is 9.72 Å². The zero-order valence-corrected chi connectivity index (χ0v) is 21.2. The summed E-state index contributed by atoms with van der Waals surface area (Å²) in [4.78, 5) is 44.7. The minimum Gasteiger partial charge on any atom is -0.465 e. The number of rotatable bonds is 5. The van der Waals surface area contributed by atoms with Crippen LogP contribution in [0.15, 0.2) is 89.7 Å². The van der Waals surface area contributed by atoms with Crippen LogP contribution < -0.4 is 10.3 Å². The molecule has 0 saturated carbocycles. The molecule has 1 aromatic heterocycles. The van der Waals surface area contributed by atoms with Crippen molar-refractivity contribution in [3.05, 3.63) is 129 Å². The van der Waals surface area contributed by atoms with Gasteiger partial charge in [-0.15, -0.1) is 0 Å². The minimum absolute atomic E-state index is 0.100. The number of nitrogens with zero attached hydrogens (tertiary/aromatic N) is 3. The maximum Gasteiger partial charge on any atom is 0.415 e. The van der Waals surface area contributed by atoms with Crippen molar-refractivity contribution in [3.63, 3.8) is 0 Å². The number of benzene rings is 3. The van der Waals surface area contributed by atoms with Crippen molar-refractivity contribution in [2.24, 2.45) is 0 Å². The summed E-state index contributed by atoms with van der Waals surface area (Å²) in [5.41, 5.74) is 3.43. The van der Waals surface area contributed by atoms with Crippen LogP contribution in [0.3, 0.4) is 0 Å². The number of methoxy groups -OCH3 is 1. The van der Waals surface area contributed by atoms with E-state index >= 15 is 0 Å². The van der Waals surface area contributed by atoms with Gasteiger partial charge in [-0.05, 0) is 48.7 Å². The number of carbonyl (C=O) groups is 2. The van der Waals surface area contributed by atoms with Crippen LogP contribution in [0.1, 0.15) is 44.6 Å². The Bertz CT molecular complexity index is 1480. The predicted molar refractivity (Wildman–Crippen MR) is 141 cm³/mol. The monoisotopic (exact) mass is 509 g/mol. The topological polar surface area (TPSA) is 90.7 Å². The first-order valence-electron chi connectivity index (χ1n) is 12.3. The lowest BCUT2D eigenvalue weighted by Gasteiger charge is -2.30. The summed E-state index contributed by atoms with van der Waals surface area (Å²) in [5, 5.41) is 0. The van der Waals surface area contributed by atoms with E-state index in [9.17, 15) is 14.4 Å². The third-order valence-electron chi connectivity index (χ3n) is 6.67. The Balaban J connectivity index is 1.41. The molecule has 3 aromatic carbocycles. The average molecular weight is 510 g/mol. The Labute approximate surface area is 220 Å². The number of carbonyl (C=O) groups excluding carboxylic acids is 2. The first kappa shape index (κ1) is 25.0. The number of hydrogen-bond acceptors (Lipinski definition) is 6. The first-order chi connectivity index (χ1) is 18.5. The van der Waals surface area contributed by atoms with E-state index in [1.165, 1.54) is 36.3 Å². The molecule has 0 N–H and O–H groups in total. The fourth-order valence-electron chi connectivity index (χ4n) is 4.78. The van der Waals surface area contributed by atoms with Crippen molar-refractivity contribution in [2.75, 3.05) is 13.7 Å². The van der Waals surface area contributed by atoms with Crippen LogP contribution in [-0.2, 0) is 17.7 Å². The third kappa shape index (κ3) is 4.93. The number of ether oxygens (including phenoxy) is 2. The second-order valence-corrected chi connectivity index (χ2v) is 9.04. The highest BCUT2D eigenvalue weighted by molar-refractivity contribution is 5.89. The number of aromatic nitrogens is 2. The summed E-state index contributed by atoms with van der Waals surface area (Å²) in [7, 11) is 1.30. The van der Waals surface area contributed by atoms with Gasteiger partial charge in [0.05, 0.1) is 31.0 Å². The van der Waals surface area contributed by atoms with Crippen molar-refractivity contribution >= 4 is 12.1 Å². The van der Waals surface area contributed by atoms with Crippen LogP contribution in [0.5, 0.6) is 5.75 Å². The summed E-state index contributed by atoms with van der Waals surface area (Å²) in [6, 6.07) is 25.6. The molecule has 0 fully saturated rings. The van der Waals surface area contributed by atoms with E-state index in [-0.39, 0.29) is 18.1 Å². The van der Waals surface area contributed by atoms with Crippen LogP contribution in [0.25, 0.3) is 0 Å². The molecule has 0 radical (unpaired) electrons. The zero-order chi connectivity index (χ0) is 26.6. The van der Waals surface area contributed by atoms with Crippen molar-refractivity contribution < 1.29 is 19.1 Å². The predicted octanol–water partition coefficient (Wildman–Crippen LogP) is 4.53. The van der Waals surface area contributed by atoms with Gasteiger partial charge in [-0.1, -0.05) is 60.7 Å². The average Bonchev–Trinajstić information content (AvgIpc) is 2.95. The molecule has 0 unspecified atom stereocenters. The molecule has 8 heteroatoms. The maximum absolute atomic E-state index is 13.9. The highest BCUT2D eigenvalue weighted by atomic mass is 16.6. The Morgan fingerprint density at radius 2 is 1.50 bits per heavy atom. The van der Waals surface area contributed by atoms with Crippen LogP contribution in [0, 0.1) is 6.92 Å². The Hall–Kier alpha value is -4.72. The van der Waals surface area contributed by atoms with Gasteiger partial charge in [0.25, 0.3) is 5.56 Å². The van der Waals surface area contributed by atoms with Crippen molar-refractivity contribution in [1.82, 2.24) is 14.5 Å². The lowest BCUT2D eigenvalue weighted by atomic mass is 9.97. The van der Waals surface area contributed by atoms with E-state index in [1.807, 2.05) is 67.6 Å². The fourth-order valence-corrected chi connectivity index (χ4v) is 4.78. The van der Waals surface area contributed by atoms with E-state index < -0.39 is 12.1 Å². The Morgan fingerprint density at radius 3 is 2.08 bits per heavy atom. The Kier molecular flexibility index (Phi) is 7.04. The molecule has 8 nitrogen and oxygen atoms in total. The van der Waals surface area contributed by atoms with E-state index in [0.717, 1.165) is 11.1 Å². The highest BCUT2D eigenvalue weighted by Crippen LogP contribution is 2.27. The second-order valence-electron chi connectivity index (χ2n) is 9.04. The number of aryl methyl sites for hydroxylation is 1. The van der Waals surface area contributed by atoms with Crippen LogP contribution in [0.2, 0.25) is 0 Å². The van der Waals surface area contributed by atoms with Crippen LogP contribution in [0.4, 0.5) is 4.79 Å². The fraction of sp³-hybridized carbons (Fsp3) is 0.200. The van der Waals surface area contributed by atoms with Gasteiger partial charge in [-0.2, -0.15) is 0 Å². The molecule has 1 aliphatic heterocycles. The lowest BCUT2D eigenvalue weighted by molar-refractivity contribution is 0.0600. The third-order valence-corrected chi connectivity index (χ3v) is 6.67. The van der Waals surface area contributed by atoms with Crippen molar-refractivity contribution in [2.45, 2.75) is 25.9 Å². The van der Waals surface area contributed by atoms with E-state index in [2.05, 4.69) is 4.74 Å². The summed E-state index contributed by atoms with van der Waals surface area (Å²) in [6.45, 7) is 2.32. The van der Waals surface area contributed by atoms with Gasteiger partial charge in [0.15, 0.2) is 0 Å². The summed E-state index contributed by atoms with van der Waals surface area (Å²) < 4.78 is 11.9. The zero-order valence-electron chi connectivity index (χ0n) is 21.2. The van der Waals surface area contributed by atoms with Crippen LogP contribution >= 0.6 is 0 Å². The molecule has 4 aromatic rings. The van der Waals surface area contributed by atoms with Crippen LogP contribution in [-0.4, -0.2) is 40.2 Å². The van der Waals surface area contributed by atoms with E-state index in [0.29, 0.717) is 41.4 Å². The first-order valence-corrected chi connectivity index (χ1v) is 12.3. The van der Waals surface area contributed by atoms with Gasteiger partial charge in [0, 0.05) is 12.1 Å².